The molecule has 0 aromatic carbocycles. The minimum atomic E-state index is -0.712. The van der Waals surface area contributed by atoms with Crippen LogP contribution in [0.2, 0.25) is 0 Å². The number of nitriles is 1. The lowest BCUT2D eigenvalue weighted by Gasteiger charge is -2.04. The van der Waals surface area contributed by atoms with E-state index in [-0.39, 0.29) is 23.6 Å². The number of hydrogen-bond acceptors (Lipinski definition) is 4. The molecule has 0 N–H and O–H groups in total. The summed E-state index contributed by atoms with van der Waals surface area (Å²) in [5.74, 6) is -0.919. The lowest BCUT2D eigenvalue weighted by Crippen LogP contribution is -2.01. The first-order valence-corrected chi connectivity index (χ1v) is 3.78. The normalized spacial score (nSPS) is 9.21. The highest BCUT2D eigenvalue weighted by atomic mass is 19.1. The number of ether oxygens (including phenoxy) is 1. The van der Waals surface area contributed by atoms with Crippen molar-refractivity contribution in [1.82, 2.24) is 4.98 Å². The number of aromatic nitrogens is 1. The van der Waals surface area contributed by atoms with Gasteiger partial charge in [-0.2, -0.15) is 5.26 Å². The van der Waals surface area contributed by atoms with Crippen LogP contribution in [0.15, 0.2) is 6.07 Å². The zero-order valence-electron chi connectivity index (χ0n) is 7.45. The fraction of sp³-hybridized carbons (Fsp3) is 0.222. The maximum absolute atomic E-state index is 13.0. The largest absolute Gasteiger partial charge is 0.479 e. The third-order valence-electron chi connectivity index (χ3n) is 1.62. The lowest BCUT2D eigenvalue weighted by atomic mass is 10.1. The predicted molar refractivity (Wildman–Crippen MR) is 45.5 cm³/mol. The van der Waals surface area contributed by atoms with Crippen LogP contribution in [0, 0.1) is 17.1 Å². The monoisotopic (exact) mass is 194 g/mol. The summed E-state index contributed by atoms with van der Waals surface area (Å²) in [4.78, 5) is 14.2. The zero-order valence-corrected chi connectivity index (χ0v) is 7.45. The minimum Gasteiger partial charge on any atom is -0.479 e. The second-order valence-corrected chi connectivity index (χ2v) is 2.47. The Morgan fingerprint density at radius 2 is 2.50 bits per heavy atom. The van der Waals surface area contributed by atoms with E-state index in [2.05, 4.69) is 9.72 Å². The van der Waals surface area contributed by atoms with Gasteiger partial charge in [-0.05, 0) is 6.07 Å². The molecule has 0 amide bonds. The minimum absolute atomic E-state index is 0.0509. The molecule has 0 atom stereocenters. The number of nitrogens with zero attached hydrogens (tertiary/aromatic N) is 2. The molecule has 0 fully saturated rings. The molecule has 5 heteroatoms. The van der Waals surface area contributed by atoms with Gasteiger partial charge in [0.1, 0.15) is 0 Å². The Kier molecular flexibility index (Phi) is 3.13. The molecule has 0 radical (unpaired) electrons. The van der Waals surface area contributed by atoms with Crippen LogP contribution in [0.25, 0.3) is 0 Å². The number of hydrogen-bond donors (Lipinski definition) is 0. The molecule has 1 heterocycles. The van der Waals surface area contributed by atoms with Gasteiger partial charge in [0.25, 0.3) is 0 Å². The Morgan fingerprint density at radius 1 is 1.79 bits per heavy atom. The van der Waals surface area contributed by atoms with Crippen LogP contribution in [0.5, 0.6) is 5.88 Å². The van der Waals surface area contributed by atoms with E-state index in [9.17, 15) is 9.18 Å². The van der Waals surface area contributed by atoms with Crippen molar-refractivity contribution in [2.45, 2.75) is 6.42 Å². The molecule has 0 aliphatic carbocycles. The highest BCUT2D eigenvalue weighted by Gasteiger charge is 2.11. The maximum Gasteiger partial charge on any atom is 0.250 e. The van der Waals surface area contributed by atoms with Gasteiger partial charge in [-0.15, -0.1) is 0 Å². The van der Waals surface area contributed by atoms with Crippen LogP contribution in [0.1, 0.15) is 16.1 Å². The van der Waals surface area contributed by atoms with E-state index in [0.29, 0.717) is 6.29 Å². The maximum atomic E-state index is 13.0. The molecule has 0 spiro atoms. The van der Waals surface area contributed by atoms with Crippen molar-refractivity contribution in [3.63, 3.8) is 0 Å². The molecule has 0 aliphatic rings. The second-order valence-electron chi connectivity index (χ2n) is 2.47. The van der Waals surface area contributed by atoms with Gasteiger partial charge in [0, 0.05) is 5.56 Å². The molecule has 0 saturated heterocycles. The number of pyridine rings is 1. The van der Waals surface area contributed by atoms with Crippen molar-refractivity contribution in [3.8, 4) is 11.9 Å². The number of carbonyl (C=O) groups excluding carboxylic acids is 1. The molecular weight excluding hydrogens is 187 g/mol. The number of rotatable bonds is 3. The van der Waals surface area contributed by atoms with Crippen LogP contribution >= 0.6 is 0 Å². The Labute approximate surface area is 79.9 Å². The van der Waals surface area contributed by atoms with Gasteiger partial charge in [-0.25, -0.2) is 9.37 Å². The summed E-state index contributed by atoms with van der Waals surface area (Å²) in [6.45, 7) is 0. The second kappa shape index (κ2) is 4.33. The van der Waals surface area contributed by atoms with E-state index in [1.165, 1.54) is 7.11 Å². The van der Waals surface area contributed by atoms with Crippen molar-refractivity contribution in [1.29, 1.82) is 5.26 Å². The Hall–Kier alpha value is -1.96. The van der Waals surface area contributed by atoms with E-state index < -0.39 is 5.82 Å². The van der Waals surface area contributed by atoms with E-state index in [1.54, 1.807) is 0 Å². The number of carbonyl (C=O) groups is 1. The van der Waals surface area contributed by atoms with Crippen LogP contribution in [0.3, 0.4) is 0 Å². The Bertz CT molecular complexity index is 399. The van der Waals surface area contributed by atoms with Crippen molar-refractivity contribution >= 4 is 6.29 Å². The number of methoxy groups -OCH3 is 1. The van der Waals surface area contributed by atoms with Crippen LogP contribution in [-0.2, 0) is 6.42 Å². The highest BCUT2D eigenvalue weighted by molar-refractivity contribution is 5.76. The summed E-state index contributed by atoms with van der Waals surface area (Å²) in [6.07, 6.45) is 0.410. The lowest BCUT2D eigenvalue weighted by molar-refractivity contribution is 0.112. The number of aldehydes is 1. The smallest absolute Gasteiger partial charge is 0.250 e. The first-order valence-electron chi connectivity index (χ1n) is 3.78. The Morgan fingerprint density at radius 3 is 3.00 bits per heavy atom. The zero-order chi connectivity index (χ0) is 10.6. The quantitative estimate of drug-likeness (QED) is 0.676. The van der Waals surface area contributed by atoms with Crippen molar-refractivity contribution < 1.29 is 13.9 Å². The first kappa shape index (κ1) is 10.1. The highest BCUT2D eigenvalue weighted by Crippen LogP contribution is 2.17. The van der Waals surface area contributed by atoms with Gasteiger partial charge >= 0.3 is 0 Å². The molecule has 0 unspecified atom stereocenters. The van der Waals surface area contributed by atoms with E-state index >= 15 is 0 Å². The molecule has 4 nitrogen and oxygen atoms in total. The van der Waals surface area contributed by atoms with Crippen molar-refractivity contribution in [3.05, 3.63) is 23.1 Å². The summed E-state index contributed by atoms with van der Waals surface area (Å²) in [7, 11) is 1.27. The SMILES string of the molecule is COc1nc(CC#N)c(C=O)cc1F. The molecule has 0 saturated carbocycles. The average Bonchev–Trinajstić information content (AvgIpc) is 2.20. The van der Waals surface area contributed by atoms with E-state index in [0.717, 1.165) is 6.07 Å². The third-order valence-corrected chi connectivity index (χ3v) is 1.62. The summed E-state index contributed by atoms with van der Waals surface area (Å²) >= 11 is 0. The summed E-state index contributed by atoms with van der Waals surface area (Å²) < 4.78 is 17.6. The molecule has 1 aromatic heterocycles. The molecule has 14 heavy (non-hydrogen) atoms. The first-order chi connectivity index (χ1) is 6.72. The number of halogens is 1. The summed E-state index contributed by atoms with van der Waals surface area (Å²) in [5.41, 5.74) is 0.297. The molecule has 1 aromatic rings. The van der Waals surface area contributed by atoms with Crippen LogP contribution in [0.4, 0.5) is 4.39 Å². The standard InChI is InChI=1S/C9H7FN2O2/c1-14-9-7(10)4-6(5-13)8(12-9)2-3-11/h4-5H,2H2,1H3. The van der Waals surface area contributed by atoms with Crippen LogP contribution in [-0.4, -0.2) is 18.4 Å². The van der Waals surface area contributed by atoms with Crippen molar-refractivity contribution in [2.24, 2.45) is 0 Å². The topological polar surface area (TPSA) is 63.0 Å². The summed E-state index contributed by atoms with van der Waals surface area (Å²) in [6, 6.07) is 2.84. The van der Waals surface area contributed by atoms with Crippen molar-refractivity contribution in [2.75, 3.05) is 7.11 Å². The van der Waals surface area contributed by atoms with Gasteiger partial charge in [0.05, 0.1) is 25.3 Å². The molecule has 1 rings (SSSR count). The van der Waals surface area contributed by atoms with Crippen LogP contribution < -0.4 is 4.74 Å². The van der Waals surface area contributed by atoms with E-state index in [4.69, 9.17) is 5.26 Å². The van der Waals surface area contributed by atoms with Gasteiger partial charge in [-0.3, -0.25) is 4.79 Å². The summed E-state index contributed by atoms with van der Waals surface area (Å²) in [5, 5.41) is 8.43. The third kappa shape index (κ3) is 1.85. The average molecular weight is 194 g/mol. The molecule has 72 valence electrons. The van der Waals surface area contributed by atoms with Gasteiger partial charge in [0.15, 0.2) is 12.1 Å². The molecule has 0 aliphatic heterocycles. The predicted octanol–water partition coefficient (Wildman–Crippen LogP) is 1.11. The molecule has 0 bridgehead atoms. The van der Waals surface area contributed by atoms with Gasteiger partial charge in [-0.1, -0.05) is 0 Å². The van der Waals surface area contributed by atoms with E-state index in [1.807, 2.05) is 6.07 Å². The fourth-order valence-corrected chi connectivity index (χ4v) is 0.984. The van der Waals surface area contributed by atoms with Gasteiger partial charge < -0.3 is 4.74 Å². The Balaban J connectivity index is 3.26. The fourth-order valence-electron chi connectivity index (χ4n) is 0.984. The molecular formula is C9H7FN2O2. The van der Waals surface area contributed by atoms with Gasteiger partial charge in [0.2, 0.25) is 5.88 Å².